The van der Waals surface area contributed by atoms with Crippen molar-refractivity contribution in [1.82, 2.24) is 9.97 Å². The maximum atomic E-state index is 11.2. The van der Waals surface area contributed by atoms with Crippen molar-refractivity contribution in [3.8, 4) is 11.1 Å². The summed E-state index contributed by atoms with van der Waals surface area (Å²) in [6.45, 7) is 0. The van der Waals surface area contributed by atoms with Gasteiger partial charge in [-0.25, -0.2) is 4.98 Å². The molecule has 0 radical (unpaired) electrons. The van der Waals surface area contributed by atoms with E-state index in [0.717, 1.165) is 27.1 Å². The molecule has 4 rings (SSSR count). The van der Waals surface area contributed by atoms with E-state index in [-0.39, 0.29) is 1.43 Å². The van der Waals surface area contributed by atoms with Crippen molar-refractivity contribution in [2.75, 3.05) is 0 Å². The number of aromatic amines is 1. The quantitative estimate of drug-likeness (QED) is 0.561. The zero-order chi connectivity index (χ0) is 17.2. The van der Waals surface area contributed by atoms with Gasteiger partial charge in [-0.05, 0) is 35.9 Å². The molecule has 1 amide bonds. The van der Waals surface area contributed by atoms with Crippen molar-refractivity contribution >= 4 is 28.7 Å². The minimum absolute atomic E-state index is 0. The molecule has 4 aromatic rings. The standard InChI is InChI=1S/C20H15N3OS.H2/c21-19(24)14-8-6-13(7-9-14)18-12-23-20-17(18)10-16(11-22-20)25-15-4-2-1-3-5-15;/h1-12H,(H2,21,24)(H,22,23);1H. The van der Waals surface area contributed by atoms with Gasteiger partial charge < -0.3 is 10.7 Å². The number of fused-ring (bicyclic) bond motifs is 1. The second-order valence-electron chi connectivity index (χ2n) is 5.63. The van der Waals surface area contributed by atoms with Gasteiger partial charge in [0.2, 0.25) is 5.91 Å². The number of pyridine rings is 1. The van der Waals surface area contributed by atoms with Crippen LogP contribution in [0.15, 0.2) is 82.8 Å². The summed E-state index contributed by atoms with van der Waals surface area (Å²) in [6.07, 6.45) is 3.81. The summed E-state index contributed by atoms with van der Waals surface area (Å²) in [6, 6.07) is 19.6. The molecule has 2 aromatic carbocycles. The average Bonchev–Trinajstić information content (AvgIpc) is 3.06. The van der Waals surface area contributed by atoms with Crippen molar-refractivity contribution in [3.05, 3.63) is 78.6 Å². The van der Waals surface area contributed by atoms with Gasteiger partial charge in [-0.3, -0.25) is 4.79 Å². The maximum absolute atomic E-state index is 11.2. The van der Waals surface area contributed by atoms with Crippen LogP contribution in [0, 0.1) is 0 Å². The molecule has 25 heavy (non-hydrogen) atoms. The van der Waals surface area contributed by atoms with Crippen molar-refractivity contribution in [3.63, 3.8) is 0 Å². The highest BCUT2D eigenvalue weighted by molar-refractivity contribution is 7.99. The Morgan fingerprint density at radius 2 is 1.80 bits per heavy atom. The largest absolute Gasteiger partial charge is 0.366 e. The molecular formula is C20H17N3OS. The van der Waals surface area contributed by atoms with Crippen LogP contribution in [0.1, 0.15) is 11.8 Å². The predicted octanol–water partition coefficient (Wildman–Crippen LogP) is 4.73. The van der Waals surface area contributed by atoms with Crippen LogP contribution in [0.5, 0.6) is 0 Å². The first-order chi connectivity index (χ1) is 12.2. The van der Waals surface area contributed by atoms with E-state index >= 15 is 0 Å². The van der Waals surface area contributed by atoms with E-state index in [2.05, 4.69) is 28.2 Å². The topological polar surface area (TPSA) is 71.8 Å². The fourth-order valence-electron chi connectivity index (χ4n) is 2.72. The van der Waals surface area contributed by atoms with Gasteiger partial charge in [0.15, 0.2) is 0 Å². The van der Waals surface area contributed by atoms with E-state index < -0.39 is 5.91 Å². The number of hydrogen-bond donors (Lipinski definition) is 2. The summed E-state index contributed by atoms with van der Waals surface area (Å²) in [5.74, 6) is -0.423. The SMILES string of the molecule is NC(=O)c1ccc(-c2c[nH]c3ncc(Sc4ccccc4)cc23)cc1.[HH]. The van der Waals surface area contributed by atoms with Gasteiger partial charge in [-0.15, -0.1) is 0 Å². The van der Waals surface area contributed by atoms with Gasteiger partial charge in [0, 0.05) is 40.1 Å². The predicted molar refractivity (Wildman–Crippen MR) is 103 cm³/mol. The highest BCUT2D eigenvalue weighted by Gasteiger charge is 2.09. The number of nitrogens with one attached hydrogen (secondary N) is 1. The summed E-state index contributed by atoms with van der Waals surface area (Å²) in [5.41, 5.74) is 8.71. The summed E-state index contributed by atoms with van der Waals surface area (Å²) in [7, 11) is 0. The zero-order valence-corrected chi connectivity index (χ0v) is 14.1. The number of amides is 1. The van der Waals surface area contributed by atoms with Crippen LogP contribution in [-0.4, -0.2) is 15.9 Å². The van der Waals surface area contributed by atoms with Gasteiger partial charge >= 0.3 is 0 Å². The summed E-state index contributed by atoms with van der Waals surface area (Å²) in [4.78, 5) is 21.2. The van der Waals surface area contributed by atoms with Gasteiger partial charge in [0.1, 0.15) is 5.65 Å². The Hall–Kier alpha value is -3.05. The molecule has 0 bridgehead atoms. The van der Waals surface area contributed by atoms with Crippen molar-refractivity contribution in [1.29, 1.82) is 0 Å². The minimum Gasteiger partial charge on any atom is -0.366 e. The number of rotatable bonds is 4. The molecule has 0 unspecified atom stereocenters. The monoisotopic (exact) mass is 347 g/mol. The van der Waals surface area contributed by atoms with Crippen LogP contribution in [0.3, 0.4) is 0 Å². The van der Waals surface area contributed by atoms with E-state index in [1.807, 2.05) is 42.7 Å². The minimum atomic E-state index is -0.423. The fourth-order valence-corrected chi connectivity index (χ4v) is 3.57. The molecule has 5 heteroatoms. The van der Waals surface area contributed by atoms with Crippen molar-refractivity contribution < 1.29 is 6.22 Å². The molecule has 124 valence electrons. The highest BCUT2D eigenvalue weighted by atomic mass is 32.2. The van der Waals surface area contributed by atoms with Crippen molar-refractivity contribution in [2.45, 2.75) is 9.79 Å². The maximum Gasteiger partial charge on any atom is 0.248 e. The normalized spacial score (nSPS) is 10.9. The molecule has 3 N–H and O–H groups in total. The van der Waals surface area contributed by atoms with Crippen LogP contribution in [0.25, 0.3) is 22.2 Å². The zero-order valence-electron chi connectivity index (χ0n) is 13.3. The number of H-pyrrole nitrogens is 1. The van der Waals surface area contributed by atoms with Crippen LogP contribution < -0.4 is 5.73 Å². The Morgan fingerprint density at radius 3 is 2.52 bits per heavy atom. The molecule has 0 fully saturated rings. The van der Waals surface area contributed by atoms with E-state index in [9.17, 15) is 4.79 Å². The van der Waals surface area contributed by atoms with Crippen LogP contribution >= 0.6 is 11.8 Å². The first-order valence-electron chi connectivity index (χ1n) is 7.81. The van der Waals surface area contributed by atoms with Gasteiger partial charge in [-0.2, -0.15) is 0 Å². The number of nitrogens with zero attached hydrogens (tertiary/aromatic N) is 1. The van der Waals surface area contributed by atoms with Crippen LogP contribution in [-0.2, 0) is 0 Å². The van der Waals surface area contributed by atoms with Gasteiger partial charge in [0.25, 0.3) is 0 Å². The second-order valence-corrected chi connectivity index (χ2v) is 6.77. The lowest BCUT2D eigenvalue weighted by Crippen LogP contribution is -2.10. The lowest BCUT2D eigenvalue weighted by molar-refractivity contribution is 0.100. The summed E-state index contributed by atoms with van der Waals surface area (Å²) in [5, 5.41) is 1.05. The number of benzene rings is 2. The summed E-state index contributed by atoms with van der Waals surface area (Å²) < 4.78 is 0. The summed E-state index contributed by atoms with van der Waals surface area (Å²) >= 11 is 1.68. The van der Waals surface area contributed by atoms with Gasteiger partial charge in [0.05, 0.1) is 0 Å². The van der Waals surface area contributed by atoms with E-state index in [0.29, 0.717) is 5.56 Å². The first kappa shape index (κ1) is 15.5. The molecular weight excluding hydrogens is 330 g/mol. The van der Waals surface area contributed by atoms with Gasteiger partial charge in [-0.1, -0.05) is 42.1 Å². The molecule has 2 aromatic heterocycles. The average molecular weight is 347 g/mol. The Bertz CT molecular complexity index is 1050. The smallest absolute Gasteiger partial charge is 0.248 e. The fraction of sp³-hybridized carbons (Fsp3) is 0. The Kier molecular flexibility index (Phi) is 3.99. The Labute approximate surface area is 150 Å². The second kappa shape index (κ2) is 6.45. The number of carbonyl (C=O) groups excluding carboxylic acids is 1. The third kappa shape index (κ3) is 3.14. The van der Waals surface area contributed by atoms with Crippen LogP contribution in [0.2, 0.25) is 0 Å². The molecule has 0 aliphatic heterocycles. The van der Waals surface area contributed by atoms with E-state index in [4.69, 9.17) is 5.73 Å². The molecule has 2 heterocycles. The molecule has 0 saturated heterocycles. The first-order valence-corrected chi connectivity index (χ1v) is 8.62. The Morgan fingerprint density at radius 1 is 1.04 bits per heavy atom. The third-order valence-corrected chi connectivity index (χ3v) is 4.93. The third-order valence-electron chi connectivity index (χ3n) is 3.97. The lowest BCUT2D eigenvalue weighted by Gasteiger charge is -2.04. The lowest BCUT2D eigenvalue weighted by atomic mass is 10.0. The molecule has 0 spiro atoms. The van der Waals surface area contributed by atoms with Crippen molar-refractivity contribution in [2.24, 2.45) is 5.73 Å². The number of carbonyl (C=O) groups is 1. The molecule has 0 saturated carbocycles. The van der Waals surface area contributed by atoms with E-state index in [1.54, 1.807) is 23.9 Å². The number of hydrogen-bond acceptors (Lipinski definition) is 3. The number of nitrogens with two attached hydrogens (primary N) is 1. The molecule has 0 aliphatic carbocycles. The molecule has 0 aliphatic rings. The van der Waals surface area contributed by atoms with E-state index in [1.165, 1.54) is 4.90 Å². The molecule has 4 nitrogen and oxygen atoms in total. The Balaban J connectivity index is 0.00000196. The number of aromatic nitrogens is 2. The number of primary amides is 1. The highest BCUT2D eigenvalue weighted by Crippen LogP contribution is 2.33. The molecule has 0 atom stereocenters. The van der Waals surface area contributed by atoms with Crippen LogP contribution in [0.4, 0.5) is 0 Å².